The van der Waals surface area contributed by atoms with Gasteiger partial charge >= 0.3 is 0 Å². The second-order valence-electron chi connectivity index (χ2n) is 3.98. The molecule has 4 N–H and O–H groups in total. The zero-order valence-electron chi connectivity index (χ0n) is 10.2. The van der Waals surface area contributed by atoms with Gasteiger partial charge < -0.3 is 10.8 Å². The van der Waals surface area contributed by atoms with Gasteiger partial charge in [-0.2, -0.15) is 0 Å². The summed E-state index contributed by atoms with van der Waals surface area (Å²) < 4.78 is 0. The highest BCUT2D eigenvalue weighted by Gasteiger charge is 2.07. The molecule has 0 saturated heterocycles. The summed E-state index contributed by atoms with van der Waals surface area (Å²) in [6.07, 6.45) is 0. The van der Waals surface area contributed by atoms with Crippen LogP contribution in [0.2, 0.25) is 0 Å². The number of benzene rings is 2. The standard InChI is InChI=1S/C14H14N2O3/c15-12-7-6-11(8-13(12)17)14(18)16-19-9-10-4-2-1-3-5-10/h1-8,17H,9,15H2,(H,16,18). The van der Waals surface area contributed by atoms with Gasteiger partial charge in [0.1, 0.15) is 5.75 Å². The Balaban J connectivity index is 1.89. The molecule has 0 aliphatic rings. The Hall–Kier alpha value is -2.53. The van der Waals surface area contributed by atoms with Crippen LogP contribution in [-0.4, -0.2) is 11.0 Å². The number of hydroxylamine groups is 1. The van der Waals surface area contributed by atoms with Crippen LogP contribution >= 0.6 is 0 Å². The molecule has 0 aliphatic carbocycles. The number of nitrogens with two attached hydrogens (primary N) is 1. The molecule has 98 valence electrons. The van der Waals surface area contributed by atoms with Gasteiger partial charge in [-0.3, -0.25) is 9.63 Å². The van der Waals surface area contributed by atoms with Crippen LogP contribution in [0.15, 0.2) is 48.5 Å². The molecule has 0 bridgehead atoms. The van der Waals surface area contributed by atoms with Crippen molar-refractivity contribution >= 4 is 11.6 Å². The minimum absolute atomic E-state index is 0.129. The van der Waals surface area contributed by atoms with E-state index in [1.807, 2.05) is 30.3 Å². The average molecular weight is 258 g/mol. The first-order valence-electron chi connectivity index (χ1n) is 5.71. The van der Waals surface area contributed by atoms with Crippen molar-refractivity contribution in [2.24, 2.45) is 0 Å². The van der Waals surface area contributed by atoms with Crippen molar-refractivity contribution in [3.63, 3.8) is 0 Å². The lowest BCUT2D eigenvalue weighted by Gasteiger charge is -2.07. The fourth-order valence-corrected chi connectivity index (χ4v) is 1.50. The van der Waals surface area contributed by atoms with Gasteiger partial charge in [-0.1, -0.05) is 30.3 Å². The predicted molar refractivity (Wildman–Crippen MR) is 71.2 cm³/mol. The van der Waals surface area contributed by atoms with Gasteiger partial charge in [0.2, 0.25) is 0 Å². The Labute approximate surface area is 110 Å². The zero-order chi connectivity index (χ0) is 13.7. The summed E-state index contributed by atoms with van der Waals surface area (Å²) in [4.78, 5) is 16.8. The lowest BCUT2D eigenvalue weighted by atomic mass is 10.2. The molecule has 0 radical (unpaired) electrons. The van der Waals surface area contributed by atoms with E-state index in [-0.39, 0.29) is 23.6 Å². The fraction of sp³-hybridized carbons (Fsp3) is 0.0714. The van der Waals surface area contributed by atoms with E-state index in [4.69, 9.17) is 10.6 Å². The van der Waals surface area contributed by atoms with Crippen molar-refractivity contribution in [1.29, 1.82) is 0 Å². The van der Waals surface area contributed by atoms with Crippen molar-refractivity contribution in [3.05, 3.63) is 59.7 Å². The molecule has 19 heavy (non-hydrogen) atoms. The molecule has 0 aliphatic heterocycles. The van der Waals surface area contributed by atoms with Crippen LogP contribution in [0.3, 0.4) is 0 Å². The summed E-state index contributed by atoms with van der Waals surface area (Å²) in [5.41, 5.74) is 9.20. The summed E-state index contributed by atoms with van der Waals surface area (Å²) >= 11 is 0. The van der Waals surface area contributed by atoms with E-state index in [0.717, 1.165) is 5.56 Å². The van der Waals surface area contributed by atoms with E-state index in [0.29, 0.717) is 0 Å². The number of phenolic OH excluding ortho intramolecular Hbond substituents is 1. The lowest BCUT2D eigenvalue weighted by Crippen LogP contribution is -2.23. The Morgan fingerprint density at radius 2 is 1.95 bits per heavy atom. The molecular formula is C14H14N2O3. The number of anilines is 1. The first-order valence-corrected chi connectivity index (χ1v) is 5.71. The molecule has 0 atom stereocenters. The summed E-state index contributed by atoms with van der Waals surface area (Å²) in [5, 5.41) is 9.41. The third kappa shape index (κ3) is 3.46. The maximum absolute atomic E-state index is 11.7. The second-order valence-corrected chi connectivity index (χ2v) is 3.98. The van der Waals surface area contributed by atoms with Crippen LogP contribution in [0.1, 0.15) is 15.9 Å². The maximum atomic E-state index is 11.7. The van der Waals surface area contributed by atoms with Crippen molar-refractivity contribution in [2.45, 2.75) is 6.61 Å². The molecule has 1 amide bonds. The van der Waals surface area contributed by atoms with Crippen LogP contribution in [0.4, 0.5) is 5.69 Å². The third-order valence-corrected chi connectivity index (χ3v) is 2.54. The molecule has 5 heteroatoms. The molecule has 2 aromatic carbocycles. The topological polar surface area (TPSA) is 84.6 Å². The molecule has 0 heterocycles. The zero-order valence-corrected chi connectivity index (χ0v) is 10.2. The van der Waals surface area contributed by atoms with E-state index in [1.54, 1.807) is 0 Å². The van der Waals surface area contributed by atoms with Crippen LogP contribution in [-0.2, 0) is 11.4 Å². The number of phenols is 1. The number of hydrogen-bond acceptors (Lipinski definition) is 4. The van der Waals surface area contributed by atoms with Gasteiger partial charge in [-0.25, -0.2) is 5.48 Å². The minimum Gasteiger partial charge on any atom is -0.506 e. The number of nitrogen functional groups attached to an aromatic ring is 1. The number of aromatic hydroxyl groups is 1. The minimum atomic E-state index is -0.439. The molecule has 2 rings (SSSR count). The van der Waals surface area contributed by atoms with Crippen molar-refractivity contribution in [2.75, 3.05) is 5.73 Å². The number of nitrogens with one attached hydrogen (secondary N) is 1. The first kappa shape index (κ1) is 12.9. The molecule has 0 unspecified atom stereocenters. The van der Waals surface area contributed by atoms with Crippen LogP contribution in [0.5, 0.6) is 5.75 Å². The molecule has 0 aromatic heterocycles. The lowest BCUT2D eigenvalue weighted by molar-refractivity contribution is 0.0233. The first-order chi connectivity index (χ1) is 9.16. The van der Waals surface area contributed by atoms with Crippen LogP contribution < -0.4 is 11.2 Å². The molecule has 0 spiro atoms. The number of amides is 1. The smallest absolute Gasteiger partial charge is 0.274 e. The normalized spacial score (nSPS) is 10.1. The highest BCUT2D eigenvalue weighted by molar-refractivity contribution is 5.94. The van der Waals surface area contributed by atoms with E-state index < -0.39 is 5.91 Å². The number of carbonyl (C=O) groups is 1. The van der Waals surface area contributed by atoms with E-state index in [2.05, 4.69) is 5.48 Å². The Morgan fingerprint density at radius 1 is 1.21 bits per heavy atom. The molecule has 0 fully saturated rings. The van der Waals surface area contributed by atoms with Crippen LogP contribution in [0, 0.1) is 0 Å². The average Bonchev–Trinajstić information content (AvgIpc) is 2.43. The third-order valence-electron chi connectivity index (χ3n) is 2.54. The number of hydrogen-bond donors (Lipinski definition) is 3. The van der Waals surface area contributed by atoms with Crippen LogP contribution in [0.25, 0.3) is 0 Å². The highest BCUT2D eigenvalue weighted by atomic mass is 16.6. The molecule has 5 nitrogen and oxygen atoms in total. The van der Waals surface area contributed by atoms with Crippen molar-refractivity contribution in [3.8, 4) is 5.75 Å². The summed E-state index contributed by atoms with van der Waals surface area (Å²) in [6, 6.07) is 13.7. The summed E-state index contributed by atoms with van der Waals surface area (Å²) in [7, 11) is 0. The highest BCUT2D eigenvalue weighted by Crippen LogP contribution is 2.20. The van der Waals surface area contributed by atoms with Gasteiger partial charge in [0.25, 0.3) is 5.91 Å². The number of carbonyl (C=O) groups excluding carboxylic acids is 1. The maximum Gasteiger partial charge on any atom is 0.274 e. The van der Waals surface area contributed by atoms with Gasteiger partial charge in [-0.05, 0) is 23.8 Å². The quantitative estimate of drug-likeness (QED) is 0.444. The van der Waals surface area contributed by atoms with E-state index >= 15 is 0 Å². The van der Waals surface area contributed by atoms with Crippen molar-refractivity contribution in [1.82, 2.24) is 5.48 Å². The Morgan fingerprint density at radius 3 is 2.63 bits per heavy atom. The molecule has 2 aromatic rings. The molecule has 0 saturated carbocycles. The summed E-state index contributed by atoms with van der Waals surface area (Å²) in [6.45, 7) is 0.271. The Bertz CT molecular complexity index is 570. The van der Waals surface area contributed by atoms with E-state index in [1.165, 1.54) is 18.2 Å². The van der Waals surface area contributed by atoms with Gasteiger partial charge in [0.05, 0.1) is 12.3 Å². The fourth-order valence-electron chi connectivity index (χ4n) is 1.50. The largest absolute Gasteiger partial charge is 0.506 e. The predicted octanol–water partition coefficient (Wildman–Crippen LogP) is 1.84. The number of rotatable bonds is 4. The van der Waals surface area contributed by atoms with Gasteiger partial charge in [0, 0.05) is 5.56 Å². The molecular weight excluding hydrogens is 244 g/mol. The second kappa shape index (κ2) is 5.88. The summed E-state index contributed by atoms with van der Waals surface area (Å²) in [5.74, 6) is -0.568. The van der Waals surface area contributed by atoms with Gasteiger partial charge in [-0.15, -0.1) is 0 Å². The van der Waals surface area contributed by atoms with E-state index in [9.17, 15) is 9.90 Å². The monoisotopic (exact) mass is 258 g/mol. The van der Waals surface area contributed by atoms with Crippen molar-refractivity contribution < 1.29 is 14.7 Å². The Kier molecular flexibility index (Phi) is 4.00. The SMILES string of the molecule is Nc1ccc(C(=O)NOCc2ccccc2)cc1O. The van der Waals surface area contributed by atoms with Gasteiger partial charge in [0.15, 0.2) is 0 Å².